The SMILES string of the molecule is CC(N)CCC[CH2][Sn]([CH3])([CH2]S)[CH2]C=O. The minimum atomic E-state index is -2.07. The predicted molar refractivity (Wildman–Crippen MR) is 68.6 cm³/mol. The molecule has 14 heavy (non-hydrogen) atoms. The van der Waals surface area contributed by atoms with Crippen LogP contribution in [-0.2, 0) is 4.79 Å². The van der Waals surface area contributed by atoms with Crippen LogP contribution in [0.1, 0.15) is 26.2 Å². The van der Waals surface area contributed by atoms with Gasteiger partial charge in [-0.05, 0) is 0 Å². The number of carbonyl (C=O) groups excluding carboxylic acids is 1. The summed E-state index contributed by atoms with van der Waals surface area (Å²) >= 11 is 2.32. The molecule has 0 spiro atoms. The third-order valence-corrected chi connectivity index (χ3v) is 17.7. The summed E-state index contributed by atoms with van der Waals surface area (Å²) in [5.74, 6) is 0. The van der Waals surface area contributed by atoms with Gasteiger partial charge in [0.05, 0.1) is 0 Å². The first-order valence-corrected chi connectivity index (χ1v) is 14.9. The first-order valence-electron chi connectivity index (χ1n) is 5.34. The Balaban J connectivity index is 3.66. The summed E-state index contributed by atoms with van der Waals surface area (Å²) in [6.45, 7) is 2.05. The predicted octanol–water partition coefficient (Wildman–Crippen LogP) is 2.25. The Hall–Kier alpha value is 0.779. The number of hydrogen-bond acceptors (Lipinski definition) is 3. The first-order chi connectivity index (χ1) is 6.54. The van der Waals surface area contributed by atoms with Crippen molar-refractivity contribution in [3.8, 4) is 0 Å². The van der Waals surface area contributed by atoms with Gasteiger partial charge in [0.1, 0.15) is 0 Å². The van der Waals surface area contributed by atoms with Crippen LogP contribution < -0.4 is 5.73 Å². The molecule has 0 bridgehead atoms. The summed E-state index contributed by atoms with van der Waals surface area (Å²) in [4.78, 5) is 12.9. The second kappa shape index (κ2) is 7.99. The second-order valence-electron chi connectivity index (χ2n) is 4.56. The van der Waals surface area contributed by atoms with E-state index in [4.69, 9.17) is 5.73 Å². The van der Waals surface area contributed by atoms with Crippen LogP contribution in [0.2, 0.25) is 13.8 Å². The molecule has 2 N–H and O–H groups in total. The fraction of sp³-hybridized carbons (Fsp3) is 0.900. The van der Waals surface area contributed by atoms with Crippen molar-refractivity contribution in [3.63, 3.8) is 0 Å². The fourth-order valence-corrected chi connectivity index (χ4v) is 9.09. The molecule has 0 saturated carbocycles. The van der Waals surface area contributed by atoms with Crippen LogP contribution in [0, 0.1) is 0 Å². The topological polar surface area (TPSA) is 43.1 Å². The van der Waals surface area contributed by atoms with E-state index in [0.29, 0.717) is 6.04 Å². The van der Waals surface area contributed by atoms with Gasteiger partial charge < -0.3 is 0 Å². The monoisotopic (exact) mass is 325 g/mol. The van der Waals surface area contributed by atoms with Gasteiger partial charge in [0.15, 0.2) is 0 Å². The van der Waals surface area contributed by atoms with Gasteiger partial charge in [0.25, 0.3) is 0 Å². The standard InChI is InChI=1S/C6H14N.C2H3O.CH3S.CH3.Sn/c1-3-4-5-6(2)7;1-2-3;1-2;;/h6H,1,3-5,7H2,2H3;2H,1H2;2H,1H2;1H3;. The number of unbranched alkanes of at least 4 members (excludes halogenated alkanes) is 1. The van der Waals surface area contributed by atoms with Crippen molar-refractivity contribution in [3.05, 3.63) is 0 Å². The molecular formula is C10H23NOSSn. The number of carbonyl (C=O) groups is 1. The average molecular weight is 324 g/mol. The van der Waals surface area contributed by atoms with E-state index < -0.39 is 18.4 Å². The Kier molecular flexibility index (Phi) is 8.44. The van der Waals surface area contributed by atoms with Crippen LogP contribution in [0.15, 0.2) is 0 Å². The third kappa shape index (κ3) is 7.12. The van der Waals surface area contributed by atoms with Crippen molar-refractivity contribution in [2.24, 2.45) is 5.73 Å². The molecule has 0 aliphatic carbocycles. The summed E-state index contributed by atoms with van der Waals surface area (Å²) in [5, 5.41) is 0. The molecule has 2 unspecified atom stereocenters. The summed E-state index contributed by atoms with van der Waals surface area (Å²) in [7, 11) is 0. The first kappa shape index (κ1) is 14.8. The molecule has 0 rings (SSSR count). The molecule has 4 heteroatoms. The maximum atomic E-state index is 10.5. The number of nitrogens with two attached hydrogens (primary N) is 1. The Morgan fingerprint density at radius 2 is 2.14 bits per heavy atom. The van der Waals surface area contributed by atoms with Gasteiger partial charge in [-0.15, -0.1) is 0 Å². The Bertz CT molecular complexity index is 166. The van der Waals surface area contributed by atoms with Gasteiger partial charge in [0, 0.05) is 0 Å². The molecule has 0 aliphatic rings. The van der Waals surface area contributed by atoms with Crippen LogP contribution in [0.5, 0.6) is 0 Å². The molecular weight excluding hydrogens is 301 g/mol. The van der Waals surface area contributed by atoms with E-state index in [0.717, 1.165) is 20.9 Å². The zero-order valence-corrected chi connectivity index (χ0v) is 13.1. The van der Waals surface area contributed by atoms with Gasteiger partial charge in [-0.2, -0.15) is 0 Å². The number of aldehydes is 1. The summed E-state index contributed by atoms with van der Waals surface area (Å²) in [6, 6.07) is 0.318. The third-order valence-electron chi connectivity index (χ3n) is 2.65. The van der Waals surface area contributed by atoms with Gasteiger partial charge in [-0.3, -0.25) is 0 Å². The molecule has 0 amide bonds. The molecule has 0 saturated heterocycles. The van der Waals surface area contributed by atoms with Crippen molar-refractivity contribution in [2.75, 3.05) is 3.77 Å². The van der Waals surface area contributed by atoms with E-state index in [1.807, 2.05) is 6.92 Å². The van der Waals surface area contributed by atoms with Crippen molar-refractivity contribution in [1.29, 1.82) is 0 Å². The molecule has 0 heterocycles. The Morgan fingerprint density at radius 1 is 1.50 bits per heavy atom. The molecule has 0 aliphatic heterocycles. The van der Waals surface area contributed by atoms with Crippen molar-refractivity contribution >= 4 is 37.3 Å². The van der Waals surface area contributed by atoms with E-state index in [-0.39, 0.29) is 0 Å². The molecule has 0 fully saturated rings. The zero-order chi connectivity index (χ0) is 11.0. The van der Waals surface area contributed by atoms with Gasteiger partial charge in [-0.1, -0.05) is 0 Å². The molecule has 0 aromatic heterocycles. The Labute approximate surface area is 97.3 Å². The summed E-state index contributed by atoms with van der Waals surface area (Å²) < 4.78 is 3.10. The molecule has 0 aromatic rings. The minimum absolute atomic E-state index is 0.318. The second-order valence-corrected chi connectivity index (χ2v) is 20.5. The van der Waals surface area contributed by atoms with E-state index in [9.17, 15) is 4.79 Å². The zero-order valence-electron chi connectivity index (χ0n) is 9.33. The van der Waals surface area contributed by atoms with Crippen LogP contribution in [0.4, 0.5) is 0 Å². The Morgan fingerprint density at radius 3 is 2.57 bits per heavy atom. The van der Waals surface area contributed by atoms with Crippen molar-refractivity contribution in [1.82, 2.24) is 0 Å². The number of hydrogen-bond donors (Lipinski definition) is 2. The fourth-order valence-electron chi connectivity index (χ4n) is 1.46. The van der Waals surface area contributed by atoms with E-state index >= 15 is 0 Å². The summed E-state index contributed by atoms with van der Waals surface area (Å²) in [6.07, 6.45) is 4.65. The van der Waals surface area contributed by atoms with Crippen LogP contribution in [0.3, 0.4) is 0 Å². The van der Waals surface area contributed by atoms with E-state index in [1.165, 1.54) is 17.3 Å². The molecule has 84 valence electrons. The van der Waals surface area contributed by atoms with Crippen LogP contribution in [0.25, 0.3) is 0 Å². The quantitative estimate of drug-likeness (QED) is 0.311. The summed E-state index contributed by atoms with van der Waals surface area (Å²) in [5.41, 5.74) is 5.68. The number of rotatable bonds is 8. The molecule has 0 radical (unpaired) electrons. The van der Waals surface area contributed by atoms with Crippen molar-refractivity contribution < 1.29 is 4.79 Å². The van der Waals surface area contributed by atoms with E-state index in [1.54, 1.807) is 0 Å². The van der Waals surface area contributed by atoms with Gasteiger partial charge in [-0.25, -0.2) is 0 Å². The van der Waals surface area contributed by atoms with Crippen LogP contribution >= 0.6 is 12.6 Å². The molecule has 0 aromatic carbocycles. The number of thiol groups is 1. The molecule has 2 atom stereocenters. The van der Waals surface area contributed by atoms with Gasteiger partial charge >= 0.3 is 97.6 Å². The van der Waals surface area contributed by atoms with Crippen molar-refractivity contribution in [2.45, 2.75) is 46.0 Å². The van der Waals surface area contributed by atoms with Gasteiger partial charge in [0.2, 0.25) is 0 Å². The van der Waals surface area contributed by atoms with Crippen LogP contribution in [-0.4, -0.2) is 34.5 Å². The normalized spacial score (nSPS) is 17.4. The molecule has 2 nitrogen and oxygen atoms in total. The maximum absolute atomic E-state index is 10.5. The van der Waals surface area contributed by atoms with E-state index in [2.05, 4.69) is 17.6 Å². The average Bonchev–Trinajstić information content (AvgIpc) is 2.13.